The van der Waals surface area contributed by atoms with Crippen molar-refractivity contribution in [3.05, 3.63) is 66.0 Å². The lowest BCUT2D eigenvalue weighted by Crippen LogP contribution is -2.50. The highest BCUT2D eigenvalue weighted by atomic mass is 32.2. The third-order valence-electron chi connectivity index (χ3n) is 5.70. The van der Waals surface area contributed by atoms with E-state index in [1.54, 1.807) is 42.7 Å². The first-order valence-corrected chi connectivity index (χ1v) is 13.3. The Morgan fingerprint density at radius 1 is 1.12 bits per heavy atom. The minimum Gasteiger partial charge on any atom is -0.451 e. The summed E-state index contributed by atoms with van der Waals surface area (Å²) < 4.78 is 33.2. The van der Waals surface area contributed by atoms with E-state index in [2.05, 4.69) is 10.3 Å². The van der Waals surface area contributed by atoms with Crippen LogP contribution in [0.25, 0.3) is 0 Å². The molecule has 2 heterocycles. The molecule has 184 valence electrons. The third-order valence-corrected chi connectivity index (χ3v) is 7.55. The zero-order chi connectivity index (χ0) is 24.6. The molecule has 1 saturated heterocycles. The number of nitrogens with zero attached hydrogens (tertiary/aromatic N) is 2. The van der Waals surface area contributed by atoms with Gasteiger partial charge in [0.25, 0.3) is 5.91 Å². The van der Waals surface area contributed by atoms with Crippen molar-refractivity contribution in [2.24, 2.45) is 5.92 Å². The number of carbonyl (C=O) groups is 2. The zero-order valence-electron chi connectivity index (χ0n) is 19.7. The van der Waals surface area contributed by atoms with E-state index in [1.807, 2.05) is 26.0 Å². The molecule has 1 aliphatic rings. The average molecular weight is 488 g/mol. The Morgan fingerprint density at radius 3 is 2.53 bits per heavy atom. The summed E-state index contributed by atoms with van der Waals surface area (Å²) in [6.07, 6.45) is 4.42. The third kappa shape index (κ3) is 7.36. The molecule has 2 aromatic rings. The lowest BCUT2D eigenvalue weighted by molar-refractivity contribution is -0.161. The molecule has 1 aromatic heterocycles. The van der Waals surface area contributed by atoms with Crippen LogP contribution in [0.2, 0.25) is 0 Å². The van der Waals surface area contributed by atoms with Gasteiger partial charge in [-0.15, -0.1) is 0 Å². The number of piperidine rings is 1. The number of nitrogens with one attached hydrogen (secondary N) is 1. The highest BCUT2D eigenvalue weighted by Gasteiger charge is 2.39. The number of pyridine rings is 1. The van der Waals surface area contributed by atoms with Gasteiger partial charge in [-0.2, -0.15) is 4.31 Å². The standard InChI is InChI=1S/C25H33N3O5S/c1-19(2)15-23(24(29)27-17-21-11-8-13-26-16-21)33-25(30)22-12-6-7-14-28(22)34(31,32)18-20-9-4-3-5-10-20/h3-5,8-11,13,16,19,22-23H,6-7,12,14-15,17-18H2,1-2H3,(H,27,29)/t22-,23+/m0/s1. The predicted molar refractivity (Wildman–Crippen MR) is 129 cm³/mol. The van der Waals surface area contributed by atoms with Gasteiger partial charge >= 0.3 is 5.97 Å². The number of aromatic nitrogens is 1. The summed E-state index contributed by atoms with van der Waals surface area (Å²) >= 11 is 0. The van der Waals surface area contributed by atoms with E-state index >= 15 is 0 Å². The van der Waals surface area contributed by atoms with Crippen molar-refractivity contribution < 1.29 is 22.7 Å². The summed E-state index contributed by atoms with van der Waals surface area (Å²) in [5.74, 6) is -1.15. The van der Waals surface area contributed by atoms with Crippen LogP contribution in [0.5, 0.6) is 0 Å². The van der Waals surface area contributed by atoms with Crippen LogP contribution < -0.4 is 5.32 Å². The van der Waals surface area contributed by atoms with Crippen LogP contribution in [-0.2, 0) is 36.6 Å². The van der Waals surface area contributed by atoms with E-state index in [1.165, 1.54) is 4.31 Å². The van der Waals surface area contributed by atoms with Crippen LogP contribution in [-0.4, -0.2) is 48.3 Å². The predicted octanol–water partition coefficient (Wildman–Crippen LogP) is 3.04. The molecule has 1 aliphatic heterocycles. The smallest absolute Gasteiger partial charge is 0.325 e. The lowest BCUT2D eigenvalue weighted by Gasteiger charge is -2.34. The average Bonchev–Trinajstić information content (AvgIpc) is 2.83. The van der Waals surface area contributed by atoms with Crippen molar-refractivity contribution >= 4 is 21.9 Å². The number of esters is 1. The Bertz CT molecular complexity index is 1040. The highest BCUT2D eigenvalue weighted by molar-refractivity contribution is 7.88. The minimum absolute atomic E-state index is 0.103. The summed E-state index contributed by atoms with van der Waals surface area (Å²) in [6.45, 7) is 4.40. The van der Waals surface area contributed by atoms with E-state index in [-0.39, 0.29) is 24.8 Å². The zero-order valence-corrected chi connectivity index (χ0v) is 20.5. The molecule has 1 aromatic carbocycles. The first kappa shape index (κ1) is 25.8. The fourth-order valence-electron chi connectivity index (χ4n) is 4.00. The van der Waals surface area contributed by atoms with Gasteiger partial charge in [-0.1, -0.05) is 50.2 Å². The summed E-state index contributed by atoms with van der Waals surface area (Å²) in [4.78, 5) is 30.0. The fourth-order valence-corrected chi connectivity index (χ4v) is 5.77. The monoisotopic (exact) mass is 487 g/mol. The van der Waals surface area contributed by atoms with E-state index in [0.29, 0.717) is 24.8 Å². The summed E-state index contributed by atoms with van der Waals surface area (Å²) in [5.41, 5.74) is 1.49. The second-order valence-corrected chi connectivity index (χ2v) is 10.9. The SMILES string of the molecule is CC(C)C[C@@H](OC(=O)[C@@H]1CCCCN1S(=O)(=O)Cc1ccccc1)C(=O)NCc1cccnc1. The summed E-state index contributed by atoms with van der Waals surface area (Å²) in [7, 11) is -3.73. The van der Waals surface area contributed by atoms with Crippen molar-refractivity contribution in [1.82, 2.24) is 14.6 Å². The molecule has 1 amide bonds. The van der Waals surface area contributed by atoms with Gasteiger partial charge in [-0.25, -0.2) is 8.42 Å². The molecular formula is C25H33N3O5S. The topological polar surface area (TPSA) is 106 Å². The molecule has 0 unspecified atom stereocenters. The number of amides is 1. The Hall–Kier alpha value is -2.78. The Labute approximate surface area is 201 Å². The number of sulfonamides is 1. The quantitative estimate of drug-likeness (QED) is 0.517. The maximum atomic E-state index is 13.2. The Balaban J connectivity index is 1.69. The van der Waals surface area contributed by atoms with E-state index in [9.17, 15) is 18.0 Å². The van der Waals surface area contributed by atoms with Crippen molar-refractivity contribution in [3.63, 3.8) is 0 Å². The molecule has 0 aliphatic carbocycles. The molecule has 2 atom stereocenters. The lowest BCUT2D eigenvalue weighted by atomic mass is 10.0. The van der Waals surface area contributed by atoms with E-state index in [0.717, 1.165) is 12.0 Å². The highest BCUT2D eigenvalue weighted by Crippen LogP contribution is 2.25. The van der Waals surface area contributed by atoms with Crippen molar-refractivity contribution in [2.75, 3.05) is 6.54 Å². The molecule has 9 heteroatoms. The minimum atomic E-state index is -3.73. The van der Waals surface area contributed by atoms with Crippen molar-refractivity contribution in [3.8, 4) is 0 Å². The molecule has 8 nitrogen and oxygen atoms in total. The second kappa shape index (κ2) is 12.1. The van der Waals surface area contributed by atoms with Crippen molar-refractivity contribution in [2.45, 2.75) is 64.0 Å². The molecule has 1 fully saturated rings. The van der Waals surface area contributed by atoms with Gasteiger partial charge in [0, 0.05) is 25.5 Å². The van der Waals surface area contributed by atoms with Crippen LogP contribution in [0.1, 0.15) is 50.7 Å². The first-order chi connectivity index (χ1) is 16.3. The Kier molecular flexibility index (Phi) is 9.18. The van der Waals surface area contributed by atoms with Gasteiger partial charge in [0.2, 0.25) is 10.0 Å². The number of benzene rings is 1. The van der Waals surface area contributed by atoms with Crippen LogP contribution in [0.4, 0.5) is 0 Å². The van der Waals surface area contributed by atoms with Gasteiger partial charge in [-0.3, -0.25) is 14.6 Å². The maximum Gasteiger partial charge on any atom is 0.325 e. The number of hydrogen-bond donors (Lipinski definition) is 1. The Morgan fingerprint density at radius 2 is 1.85 bits per heavy atom. The van der Waals surface area contributed by atoms with Crippen molar-refractivity contribution in [1.29, 1.82) is 0 Å². The number of carbonyl (C=O) groups excluding carboxylic acids is 2. The molecule has 0 spiro atoms. The van der Waals surface area contributed by atoms with Crippen LogP contribution in [0, 0.1) is 5.92 Å². The molecule has 0 bridgehead atoms. The molecule has 0 saturated carbocycles. The van der Waals surface area contributed by atoms with Gasteiger partial charge in [0.1, 0.15) is 6.04 Å². The van der Waals surface area contributed by atoms with Crippen LogP contribution in [0.3, 0.4) is 0 Å². The number of rotatable bonds is 10. The number of ether oxygens (including phenoxy) is 1. The fraction of sp³-hybridized carbons (Fsp3) is 0.480. The molecule has 3 rings (SSSR count). The molecule has 34 heavy (non-hydrogen) atoms. The summed E-state index contributed by atoms with van der Waals surface area (Å²) in [6, 6.07) is 11.6. The van der Waals surface area contributed by atoms with Crippen LogP contribution in [0.15, 0.2) is 54.9 Å². The van der Waals surface area contributed by atoms with E-state index < -0.39 is 34.0 Å². The number of hydrogen-bond acceptors (Lipinski definition) is 6. The summed E-state index contributed by atoms with van der Waals surface area (Å²) in [5, 5.41) is 2.80. The van der Waals surface area contributed by atoms with Crippen LogP contribution >= 0.6 is 0 Å². The van der Waals surface area contributed by atoms with Gasteiger partial charge in [0.05, 0.1) is 5.75 Å². The molecule has 1 N–H and O–H groups in total. The van der Waals surface area contributed by atoms with E-state index in [4.69, 9.17) is 4.74 Å². The van der Waals surface area contributed by atoms with Gasteiger partial charge in [-0.05, 0) is 48.8 Å². The largest absolute Gasteiger partial charge is 0.451 e. The molecule has 0 radical (unpaired) electrons. The van der Waals surface area contributed by atoms with Gasteiger partial charge < -0.3 is 10.1 Å². The first-order valence-electron chi connectivity index (χ1n) is 11.7. The second-order valence-electron chi connectivity index (χ2n) is 9.00. The normalized spacial score (nSPS) is 17.8. The van der Waals surface area contributed by atoms with Gasteiger partial charge in [0.15, 0.2) is 6.10 Å². The molecular weight excluding hydrogens is 454 g/mol. The maximum absolute atomic E-state index is 13.2.